The van der Waals surface area contributed by atoms with E-state index in [2.05, 4.69) is 6.92 Å². The quantitative estimate of drug-likeness (QED) is 0.469. The van der Waals surface area contributed by atoms with E-state index in [0.717, 1.165) is 6.54 Å². The van der Waals surface area contributed by atoms with E-state index in [1.165, 1.54) is 0 Å². The second-order valence-electron chi connectivity index (χ2n) is 1.58. The summed E-state index contributed by atoms with van der Waals surface area (Å²) in [6, 6.07) is 2.04. The summed E-state index contributed by atoms with van der Waals surface area (Å²) in [7, 11) is 0. The minimum atomic E-state index is -0.00301. The summed E-state index contributed by atoms with van der Waals surface area (Å²) in [6.07, 6.45) is 0. The third-order valence-corrected chi connectivity index (χ3v) is 0.973. The van der Waals surface area contributed by atoms with Crippen LogP contribution in [0.1, 0.15) is 0 Å². The topological polar surface area (TPSA) is 36.0 Å². The zero-order valence-electron chi connectivity index (χ0n) is 4.50. The fraction of sp³-hybridized carbons (Fsp3) is 0.600. The van der Waals surface area contributed by atoms with Gasteiger partial charge in [-0.05, 0) is 6.92 Å². The highest BCUT2D eigenvalue weighted by Crippen LogP contribution is 2.14. The van der Waals surface area contributed by atoms with Gasteiger partial charge in [-0.15, -0.1) is 0 Å². The zero-order chi connectivity index (χ0) is 5.98. The van der Waals surface area contributed by atoms with Crippen LogP contribution in [-0.2, 0) is 4.84 Å². The van der Waals surface area contributed by atoms with Gasteiger partial charge in [-0.2, -0.15) is 10.3 Å². The van der Waals surface area contributed by atoms with Gasteiger partial charge in [0, 0.05) is 0 Å². The highest BCUT2D eigenvalue weighted by atomic mass is 16.7. The number of hydrogen-bond acceptors (Lipinski definition) is 3. The SMILES string of the molecule is [CH2]CON1CC1C#N. The lowest BCUT2D eigenvalue weighted by Crippen LogP contribution is -2.00. The molecule has 0 aromatic heterocycles. The molecule has 0 bridgehead atoms. The van der Waals surface area contributed by atoms with E-state index in [1.807, 2.05) is 6.07 Å². The molecule has 0 spiro atoms. The first-order valence-corrected chi connectivity index (χ1v) is 2.47. The van der Waals surface area contributed by atoms with Crippen molar-refractivity contribution in [3.8, 4) is 6.07 Å². The molecule has 2 unspecified atom stereocenters. The third kappa shape index (κ3) is 0.971. The molecule has 1 radical (unpaired) electrons. The molecule has 0 aliphatic carbocycles. The molecule has 1 aliphatic heterocycles. The lowest BCUT2D eigenvalue weighted by atomic mass is 10.6. The molecule has 0 amide bonds. The van der Waals surface area contributed by atoms with Crippen LogP contribution in [0.5, 0.6) is 0 Å². The average molecular weight is 111 g/mol. The predicted molar refractivity (Wildman–Crippen MR) is 27.4 cm³/mol. The molecule has 8 heavy (non-hydrogen) atoms. The molecule has 1 heterocycles. The van der Waals surface area contributed by atoms with Crippen LogP contribution in [0.15, 0.2) is 0 Å². The molecule has 1 fully saturated rings. The van der Waals surface area contributed by atoms with Crippen LogP contribution in [0.3, 0.4) is 0 Å². The van der Waals surface area contributed by atoms with Crippen LogP contribution in [0.4, 0.5) is 0 Å². The molecule has 2 atom stereocenters. The Morgan fingerprint density at radius 1 is 2.00 bits per heavy atom. The molecule has 1 saturated heterocycles. The van der Waals surface area contributed by atoms with Gasteiger partial charge in [0.2, 0.25) is 0 Å². The van der Waals surface area contributed by atoms with Crippen molar-refractivity contribution in [2.75, 3.05) is 13.2 Å². The van der Waals surface area contributed by atoms with Gasteiger partial charge in [0.15, 0.2) is 0 Å². The second-order valence-corrected chi connectivity index (χ2v) is 1.58. The van der Waals surface area contributed by atoms with Gasteiger partial charge in [-0.3, -0.25) is 4.84 Å². The van der Waals surface area contributed by atoms with Crippen molar-refractivity contribution in [1.82, 2.24) is 5.06 Å². The maximum Gasteiger partial charge on any atom is 0.137 e. The van der Waals surface area contributed by atoms with Crippen molar-refractivity contribution in [1.29, 1.82) is 5.26 Å². The molecule has 0 aromatic carbocycles. The minimum absolute atomic E-state index is 0.00301. The summed E-state index contributed by atoms with van der Waals surface area (Å²) in [6.45, 7) is 4.62. The van der Waals surface area contributed by atoms with Gasteiger partial charge in [-0.25, -0.2) is 0 Å². The molecule has 3 nitrogen and oxygen atoms in total. The first-order chi connectivity index (χ1) is 3.88. The lowest BCUT2D eigenvalue weighted by molar-refractivity contribution is -0.0554. The Labute approximate surface area is 48.4 Å². The van der Waals surface area contributed by atoms with Crippen LogP contribution < -0.4 is 0 Å². The Morgan fingerprint density at radius 2 is 2.75 bits per heavy atom. The number of hydroxylamine groups is 2. The Balaban J connectivity index is 2.10. The maximum absolute atomic E-state index is 8.21. The molecular formula is C5H7N2O. The van der Waals surface area contributed by atoms with Gasteiger partial charge < -0.3 is 0 Å². The largest absolute Gasteiger partial charge is 0.298 e. The molecule has 1 aliphatic rings. The number of hydrogen-bond donors (Lipinski definition) is 0. The number of nitriles is 1. The Morgan fingerprint density at radius 3 is 3.12 bits per heavy atom. The van der Waals surface area contributed by atoms with E-state index in [1.54, 1.807) is 5.06 Å². The zero-order valence-corrected chi connectivity index (χ0v) is 4.50. The Kier molecular flexibility index (Phi) is 1.47. The smallest absolute Gasteiger partial charge is 0.137 e. The minimum Gasteiger partial charge on any atom is -0.298 e. The Hall–Kier alpha value is -0.590. The average Bonchev–Trinajstić information content (AvgIpc) is 2.48. The Bertz CT molecular complexity index is 118. The molecule has 0 saturated carbocycles. The third-order valence-electron chi connectivity index (χ3n) is 0.973. The van der Waals surface area contributed by atoms with Crippen LogP contribution >= 0.6 is 0 Å². The highest BCUT2D eigenvalue weighted by Gasteiger charge is 2.34. The van der Waals surface area contributed by atoms with Crippen molar-refractivity contribution in [2.24, 2.45) is 0 Å². The summed E-state index contributed by atoms with van der Waals surface area (Å²) in [5, 5.41) is 9.82. The van der Waals surface area contributed by atoms with Gasteiger partial charge in [0.1, 0.15) is 6.04 Å². The summed E-state index contributed by atoms with van der Waals surface area (Å²) >= 11 is 0. The molecule has 3 heteroatoms. The summed E-state index contributed by atoms with van der Waals surface area (Å²) in [5.41, 5.74) is 0. The van der Waals surface area contributed by atoms with Crippen molar-refractivity contribution < 1.29 is 4.84 Å². The van der Waals surface area contributed by atoms with E-state index in [4.69, 9.17) is 10.1 Å². The van der Waals surface area contributed by atoms with Gasteiger partial charge in [-0.1, -0.05) is 0 Å². The van der Waals surface area contributed by atoms with E-state index in [0.29, 0.717) is 6.61 Å². The predicted octanol–water partition coefficient (Wildman–Crippen LogP) is -0.0401. The number of rotatable bonds is 2. The maximum atomic E-state index is 8.21. The fourth-order valence-corrected chi connectivity index (χ4v) is 0.488. The molecule has 1 rings (SSSR count). The van der Waals surface area contributed by atoms with Crippen LogP contribution in [0, 0.1) is 18.3 Å². The van der Waals surface area contributed by atoms with Crippen LogP contribution in [0.2, 0.25) is 0 Å². The first kappa shape index (κ1) is 5.54. The molecule has 43 valence electrons. The van der Waals surface area contributed by atoms with Gasteiger partial charge in [0.05, 0.1) is 19.2 Å². The fourth-order valence-electron chi connectivity index (χ4n) is 0.488. The standard InChI is InChI=1S/C5H7N2O/c1-2-8-7-4-5(7)3-6/h5H,1-2,4H2. The summed E-state index contributed by atoms with van der Waals surface area (Å²) in [4.78, 5) is 4.86. The summed E-state index contributed by atoms with van der Waals surface area (Å²) in [5.74, 6) is 0. The van der Waals surface area contributed by atoms with E-state index in [-0.39, 0.29) is 6.04 Å². The monoisotopic (exact) mass is 111 g/mol. The van der Waals surface area contributed by atoms with Crippen molar-refractivity contribution in [2.45, 2.75) is 6.04 Å². The molecular weight excluding hydrogens is 104 g/mol. The van der Waals surface area contributed by atoms with Crippen molar-refractivity contribution >= 4 is 0 Å². The van der Waals surface area contributed by atoms with Crippen molar-refractivity contribution in [3.05, 3.63) is 6.92 Å². The van der Waals surface area contributed by atoms with Crippen molar-refractivity contribution in [3.63, 3.8) is 0 Å². The summed E-state index contributed by atoms with van der Waals surface area (Å²) < 4.78 is 0. The van der Waals surface area contributed by atoms with Gasteiger partial charge >= 0.3 is 0 Å². The number of nitrogens with zero attached hydrogens (tertiary/aromatic N) is 2. The first-order valence-electron chi connectivity index (χ1n) is 2.47. The van der Waals surface area contributed by atoms with Crippen LogP contribution in [0.25, 0.3) is 0 Å². The van der Waals surface area contributed by atoms with E-state index < -0.39 is 0 Å². The van der Waals surface area contributed by atoms with E-state index >= 15 is 0 Å². The van der Waals surface area contributed by atoms with E-state index in [9.17, 15) is 0 Å². The van der Waals surface area contributed by atoms with Gasteiger partial charge in [0.25, 0.3) is 0 Å². The lowest BCUT2D eigenvalue weighted by Gasteiger charge is -1.94. The second kappa shape index (κ2) is 2.12. The normalized spacial score (nSPS) is 34.0. The molecule has 0 aromatic rings. The van der Waals surface area contributed by atoms with Crippen LogP contribution in [-0.4, -0.2) is 24.3 Å². The molecule has 0 N–H and O–H groups in total. The highest BCUT2D eigenvalue weighted by molar-refractivity contribution is 5.01.